The summed E-state index contributed by atoms with van der Waals surface area (Å²) in [6, 6.07) is 8.90. The fraction of sp³-hybridized carbons (Fsp3) is 0.375. The monoisotopic (exact) mass is 433 g/mol. The molecule has 32 heavy (non-hydrogen) atoms. The number of anilines is 1. The summed E-state index contributed by atoms with van der Waals surface area (Å²) in [6.07, 6.45) is 3.42. The van der Waals surface area contributed by atoms with Crippen molar-refractivity contribution in [2.45, 2.75) is 38.9 Å². The van der Waals surface area contributed by atoms with Gasteiger partial charge in [0.05, 0.1) is 32.0 Å². The van der Waals surface area contributed by atoms with Gasteiger partial charge in [-0.25, -0.2) is 4.98 Å². The highest BCUT2D eigenvalue weighted by molar-refractivity contribution is 5.96. The van der Waals surface area contributed by atoms with Crippen LogP contribution < -0.4 is 20.9 Å². The van der Waals surface area contributed by atoms with Crippen LogP contribution in [0.25, 0.3) is 11.0 Å². The van der Waals surface area contributed by atoms with E-state index in [2.05, 4.69) is 21.7 Å². The van der Waals surface area contributed by atoms with Gasteiger partial charge in [0.1, 0.15) is 17.1 Å². The minimum atomic E-state index is -0.267. The Kier molecular flexibility index (Phi) is 6.28. The predicted octanol–water partition coefficient (Wildman–Crippen LogP) is 2.04. The second kappa shape index (κ2) is 9.28. The first kappa shape index (κ1) is 21.7. The molecular formula is C24H27N5O3. The number of nitrogens with zero attached hydrogens (tertiary/aromatic N) is 4. The lowest BCUT2D eigenvalue weighted by molar-refractivity contribution is 0.0970. The summed E-state index contributed by atoms with van der Waals surface area (Å²) >= 11 is 0. The van der Waals surface area contributed by atoms with E-state index >= 15 is 0 Å². The van der Waals surface area contributed by atoms with Crippen LogP contribution in [0.4, 0.5) is 5.82 Å². The van der Waals surface area contributed by atoms with Crippen molar-refractivity contribution < 1.29 is 9.53 Å². The number of ether oxygens (including phenoxy) is 1. The van der Waals surface area contributed by atoms with E-state index in [0.717, 1.165) is 31.7 Å². The van der Waals surface area contributed by atoms with Gasteiger partial charge in [0, 0.05) is 30.8 Å². The maximum Gasteiger partial charge on any atom is 0.278 e. The smallest absolute Gasteiger partial charge is 0.278 e. The predicted molar refractivity (Wildman–Crippen MR) is 124 cm³/mol. The number of ketones is 1. The molecule has 3 heterocycles. The molecule has 2 aromatic heterocycles. The molecular weight excluding hydrogens is 406 g/mol. The fourth-order valence-corrected chi connectivity index (χ4v) is 4.12. The van der Waals surface area contributed by atoms with Crippen LogP contribution in [0.2, 0.25) is 0 Å². The van der Waals surface area contributed by atoms with Crippen molar-refractivity contribution in [3.05, 3.63) is 52.6 Å². The molecule has 1 fully saturated rings. The molecule has 0 amide bonds. The molecule has 8 heteroatoms. The third-order valence-electron chi connectivity index (χ3n) is 5.76. The standard InChI is InChI=1S/C24H27N5O3/c1-3-4-11-29-22(27-10-6-8-18(25)14-27)13-20-23(29)24(31)28(16-26-20)15-21(30)17-7-5-9-19(12-17)32-2/h5,7,9,12-13,16,18H,6,8,10-11,14-15,25H2,1-2H3. The van der Waals surface area contributed by atoms with Gasteiger partial charge in [-0.2, -0.15) is 0 Å². The fourth-order valence-electron chi connectivity index (χ4n) is 4.12. The van der Waals surface area contributed by atoms with E-state index < -0.39 is 0 Å². The number of hydrogen-bond acceptors (Lipinski definition) is 6. The molecule has 0 aliphatic carbocycles. The van der Waals surface area contributed by atoms with Crippen LogP contribution in [-0.4, -0.2) is 46.1 Å². The summed E-state index contributed by atoms with van der Waals surface area (Å²) in [5, 5.41) is 0. The molecule has 0 bridgehead atoms. The summed E-state index contributed by atoms with van der Waals surface area (Å²) < 4.78 is 8.44. The van der Waals surface area contributed by atoms with Gasteiger partial charge >= 0.3 is 0 Å². The second-order valence-corrected chi connectivity index (χ2v) is 7.93. The van der Waals surface area contributed by atoms with E-state index in [1.165, 1.54) is 10.9 Å². The number of carbonyl (C=O) groups excluding carboxylic acids is 1. The Morgan fingerprint density at radius 2 is 2.19 bits per heavy atom. The van der Waals surface area contributed by atoms with Crippen molar-refractivity contribution in [1.82, 2.24) is 14.1 Å². The number of Topliss-reactive ketones (excluding diaryl/α,β-unsaturated/α-hetero) is 1. The van der Waals surface area contributed by atoms with Crippen molar-refractivity contribution >= 4 is 22.6 Å². The molecule has 1 aromatic carbocycles. The SMILES string of the molecule is CC#CCn1c(N2CCCC(N)C2)cc2ncn(CC(=O)c3cccc(OC)c3)c(=O)c21. The summed E-state index contributed by atoms with van der Waals surface area (Å²) in [4.78, 5) is 32.9. The average Bonchev–Trinajstić information content (AvgIpc) is 3.18. The number of methoxy groups -OCH3 is 1. The Morgan fingerprint density at radius 1 is 1.34 bits per heavy atom. The lowest BCUT2D eigenvalue weighted by atomic mass is 10.1. The number of carbonyl (C=O) groups is 1. The van der Waals surface area contributed by atoms with Gasteiger partial charge in [-0.3, -0.25) is 14.2 Å². The van der Waals surface area contributed by atoms with Crippen molar-refractivity contribution in [3.8, 4) is 17.6 Å². The van der Waals surface area contributed by atoms with Crippen LogP contribution in [-0.2, 0) is 13.1 Å². The molecule has 3 aromatic rings. The molecule has 2 N–H and O–H groups in total. The van der Waals surface area contributed by atoms with E-state index in [4.69, 9.17) is 10.5 Å². The van der Waals surface area contributed by atoms with Gasteiger partial charge < -0.3 is 19.9 Å². The van der Waals surface area contributed by atoms with Crippen LogP contribution >= 0.6 is 0 Å². The molecule has 0 saturated carbocycles. The number of benzene rings is 1. The third-order valence-corrected chi connectivity index (χ3v) is 5.76. The second-order valence-electron chi connectivity index (χ2n) is 7.93. The van der Waals surface area contributed by atoms with E-state index in [1.807, 2.05) is 10.6 Å². The Labute approximate surface area is 186 Å². The number of nitrogens with two attached hydrogens (primary N) is 1. The third kappa shape index (κ3) is 4.25. The van der Waals surface area contributed by atoms with Crippen molar-refractivity contribution in [2.75, 3.05) is 25.1 Å². The minimum absolute atomic E-state index is 0.0950. The molecule has 1 saturated heterocycles. The maximum atomic E-state index is 13.4. The topological polar surface area (TPSA) is 95.4 Å². The Morgan fingerprint density at radius 3 is 2.94 bits per heavy atom. The Bertz CT molecular complexity index is 1260. The van der Waals surface area contributed by atoms with Gasteiger partial charge in [0.15, 0.2) is 5.78 Å². The van der Waals surface area contributed by atoms with Gasteiger partial charge in [-0.15, -0.1) is 5.92 Å². The van der Waals surface area contributed by atoms with Crippen molar-refractivity contribution in [2.24, 2.45) is 5.73 Å². The molecule has 1 aliphatic rings. The Hall–Kier alpha value is -3.57. The summed E-state index contributed by atoms with van der Waals surface area (Å²) in [5.41, 5.74) is 7.43. The van der Waals surface area contributed by atoms with Crippen LogP contribution in [0, 0.1) is 11.8 Å². The Balaban J connectivity index is 1.74. The number of hydrogen-bond donors (Lipinski definition) is 1. The van der Waals surface area contributed by atoms with Gasteiger partial charge in [-0.1, -0.05) is 18.1 Å². The zero-order chi connectivity index (χ0) is 22.7. The summed E-state index contributed by atoms with van der Waals surface area (Å²) in [5.74, 6) is 7.24. The first-order valence-corrected chi connectivity index (χ1v) is 10.7. The molecule has 0 radical (unpaired) electrons. The van der Waals surface area contributed by atoms with E-state index in [9.17, 15) is 9.59 Å². The van der Waals surface area contributed by atoms with Gasteiger partial charge in [-0.05, 0) is 31.9 Å². The molecule has 1 atom stereocenters. The van der Waals surface area contributed by atoms with E-state index in [1.54, 1.807) is 38.3 Å². The van der Waals surface area contributed by atoms with Gasteiger partial charge in [0.25, 0.3) is 5.56 Å². The van der Waals surface area contributed by atoms with Crippen LogP contribution in [0.1, 0.15) is 30.1 Å². The molecule has 8 nitrogen and oxygen atoms in total. The van der Waals surface area contributed by atoms with Crippen LogP contribution in [0.15, 0.2) is 41.5 Å². The highest BCUT2D eigenvalue weighted by Gasteiger charge is 2.23. The zero-order valence-electron chi connectivity index (χ0n) is 18.4. The first-order valence-electron chi connectivity index (χ1n) is 10.7. The van der Waals surface area contributed by atoms with Gasteiger partial charge in [0.2, 0.25) is 0 Å². The molecule has 1 aliphatic heterocycles. The summed E-state index contributed by atoms with van der Waals surface area (Å²) in [7, 11) is 1.55. The highest BCUT2D eigenvalue weighted by atomic mass is 16.5. The van der Waals surface area contributed by atoms with E-state index in [0.29, 0.717) is 28.9 Å². The number of aromatic nitrogens is 3. The number of rotatable bonds is 6. The average molecular weight is 434 g/mol. The van der Waals surface area contributed by atoms with Crippen molar-refractivity contribution in [1.29, 1.82) is 0 Å². The number of piperidine rings is 1. The number of fused-ring (bicyclic) bond motifs is 1. The van der Waals surface area contributed by atoms with Crippen LogP contribution in [0.3, 0.4) is 0 Å². The van der Waals surface area contributed by atoms with Crippen molar-refractivity contribution in [3.63, 3.8) is 0 Å². The zero-order valence-corrected chi connectivity index (χ0v) is 18.4. The quantitative estimate of drug-likeness (QED) is 0.472. The maximum absolute atomic E-state index is 13.4. The molecule has 0 spiro atoms. The lowest BCUT2D eigenvalue weighted by Crippen LogP contribution is -2.43. The first-order chi connectivity index (χ1) is 15.5. The normalized spacial score (nSPS) is 16.0. The molecule has 166 valence electrons. The van der Waals surface area contributed by atoms with E-state index in [-0.39, 0.29) is 23.9 Å². The molecule has 4 rings (SSSR count). The van der Waals surface area contributed by atoms with Crippen LogP contribution in [0.5, 0.6) is 5.75 Å². The lowest BCUT2D eigenvalue weighted by Gasteiger charge is -2.32. The molecule has 1 unspecified atom stereocenters. The summed E-state index contributed by atoms with van der Waals surface area (Å²) in [6.45, 7) is 3.62. The largest absolute Gasteiger partial charge is 0.497 e. The minimum Gasteiger partial charge on any atom is -0.497 e. The highest BCUT2D eigenvalue weighted by Crippen LogP contribution is 2.26.